The van der Waals surface area contributed by atoms with E-state index in [1.165, 1.54) is 5.56 Å². The number of hydrogen-bond acceptors (Lipinski definition) is 3. The van der Waals surface area contributed by atoms with Gasteiger partial charge >= 0.3 is 0 Å². The quantitative estimate of drug-likeness (QED) is 0.550. The maximum Gasteiger partial charge on any atom is 0.261 e. The number of hydrogen-bond donors (Lipinski definition) is 1. The highest BCUT2D eigenvalue weighted by molar-refractivity contribution is 9.10. The molecule has 2 aromatic rings. The minimum Gasteiger partial charge on any atom is -0.484 e. The van der Waals surface area contributed by atoms with Crippen molar-refractivity contribution in [2.24, 2.45) is 0 Å². The first-order chi connectivity index (χ1) is 15.0. The van der Waals surface area contributed by atoms with Crippen LogP contribution in [0.5, 0.6) is 5.75 Å². The summed E-state index contributed by atoms with van der Waals surface area (Å²) in [7, 11) is 0. The highest BCUT2D eigenvalue weighted by Crippen LogP contribution is 2.19. The zero-order chi connectivity index (χ0) is 22.2. The van der Waals surface area contributed by atoms with Gasteiger partial charge in [-0.05, 0) is 61.6 Å². The van der Waals surface area contributed by atoms with E-state index in [0.717, 1.165) is 42.1 Å². The summed E-state index contributed by atoms with van der Waals surface area (Å²) in [5, 5.41) is 3.11. The van der Waals surface area contributed by atoms with Gasteiger partial charge in [-0.2, -0.15) is 0 Å². The van der Waals surface area contributed by atoms with Crippen molar-refractivity contribution >= 4 is 27.7 Å². The predicted octanol–water partition coefficient (Wildman–Crippen LogP) is 4.87. The minimum atomic E-state index is -0.581. The largest absolute Gasteiger partial charge is 0.484 e. The third-order valence-corrected chi connectivity index (χ3v) is 6.36. The summed E-state index contributed by atoms with van der Waals surface area (Å²) in [4.78, 5) is 27.6. The Morgan fingerprint density at radius 2 is 1.68 bits per heavy atom. The number of rotatable bonds is 9. The molecular weight excluding hydrogens is 456 g/mol. The summed E-state index contributed by atoms with van der Waals surface area (Å²) in [6.07, 6.45) is 5.26. The van der Waals surface area contributed by atoms with Crippen LogP contribution >= 0.6 is 15.9 Å². The lowest BCUT2D eigenvalue weighted by molar-refractivity contribution is -0.142. The van der Waals surface area contributed by atoms with Crippen molar-refractivity contribution in [3.05, 3.63) is 64.1 Å². The first kappa shape index (κ1) is 23.3. The molecule has 1 aliphatic carbocycles. The molecule has 3 rings (SSSR count). The molecule has 1 atom stereocenters. The molecule has 31 heavy (non-hydrogen) atoms. The summed E-state index contributed by atoms with van der Waals surface area (Å²) in [5.74, 6) is 0.332. The summed E-state index contributed by atoms with van der Waals surface area (Å²) in [5.41, 5.74) is 2.18. The molecule has 6 heteroatoms. The molecule has 0 spiro atoms. The van der Waals surface area contributed by atoms with Gasteiger partial charge in [-0.1, -0.05) is 60.0 Å². The molecule has 1 N–H and O–H groups in total. The van der Waals surface area contributed by atoms with Crippen LogP contribution in [-0.2, 0) is 22.6 Å². The molecule has 0 saturated heterocycles. The van der Waals surface area contributed by atoms with Crippen molar-refractivity contribution in [3.63, 3.8) is 0 Å². The van der Waals surface area contributed by atoms with Crippen molar-refractivity contribution in [1.82, 2.24) is 10.2 Å². The van der Waals surface area contributed by atoms with Crippen molar-refractivity contribution < 1.29 is 14.3 Å². The van der Waals surface area contributed by atoms with E-state index in [0.29, 0.717) is 12.3 Å². The monoisotopic (exact) mass is 486 g/mol. The average molecular weight is 487 g/mol. The van der Waals surface area contributed by atoms with E-state index in [4.69, 9.17) is 4.74 Å². The lowest BCUT2D eigenvalue weighted by Crippen LogP contribution is -2.50. The molecule has 1 fully saturated rings. The van der Waals surface area contributed by atoms with E-state index >= 15 is 0 Å². The summed E-state index contributed by atoms with van der Waals surface area (Å²) >= 11 is 3.44. The number of nitrogens with zero attached hydrogens (tertiary/aromatic N) is 1. The van der Waals surface area contributed by atoms with Gasteiger partial charge in [-0.3, -0.25) is 9.59 Å². The van der Waals surface area contributed by atoms with E-state index in [9.17, 15) is 9.59 Å². The Kier molecular flexibility index (Phi) is 8.52. The van der Waals surface area contributed by atoms with Gasteiger partial charge < -0.3 is 15.0 Å². The zero-order valence-electron chi connectivity index (χ0n) is 18.3. The Labute approximate surface area is 193 Å². The number of amides is 2. The fourth-order valence-corrected chi connectivity index (χ4v) is 4.07. The van der Waals surface area contributed by atoms with Gasteiger partial charge in [0.1, 0.15) is 11.8 Å². The molecule has 1 saturated carbocycles. The Morgan fingerprint density at radius 1 is 1.06 bits per heavy atom. The van der Waals surface area contributed by atoms with E-state index < -0.39 is 6.04 Å². The second-order valence-corrected chi connectivity index (χ2v) is 9.02. The standard InChI is InChI=1S/C25H31BrN2O3/c1-3-19-10-14-23(15-11-19)31-17-24(29)28(16-20-8-12-21(26)13-9-20)18(2)25(30)27-22-6-4-5-7-22/h8-15,18,22H,3-7,16-17H2,1-2H3,(H,27,30). The minimum absolute atomic E-state index is 0.107. The molecule has 0 radical (unpaired) electrons. The normalized spacial score (nSPS) is 14.8. The van der Waals surface area contributed by atoms with Crippen LogP contribution in [0.4, 0.5) is 0 Å². The number of carbonyl (C=O) groups is 2. The van der Waals surface area contributed by atoms with Crippen molar-refractivity contribution in [1.29, 1.82) is 0 Å². The van der Waals surface area contributed by atoms with Crippen LogP contribution in [0.15, 0.2) is 53.0 Å². The lowest BCUT2D eigenvalue weighted by atomic mass is 10.1. The number of benzene rings is 2. The van der Waals surface area contributed by atoms with E-state index in [-0.39, 0.29) is 24.5 Å². The van der Waals surface area contributed by atoms with Crippen molar-refractivity contribution in [2.45, 2.75) is 64.6 Å². The summed E-state index contributed by atoms with van der Waals surface area (Å²) in [6, 6.07) is 15.2. The molecule has 2 amide bonds. The molecule has 0 bridgehead atoms. The van der Waals surface area contributed by atoms with Gasteiger partial charge in [0.15, 0.2) is 6.61 Å². The fraction of sp³-hybridized carbons (Fsp3) is 0.440. The second-order valence-electron chi connectivity index (χ2n) is 8.10. The van der Waals surface area contributed by atoms with Crippen LogP contribution in [0.2, 0.25) is 0 Å². The summed E-state index contributed by atoms with van der Waals surface area (Å²) in [6.45, 7) is 4.13. The van der Waals surface area contributed by atoms with Crippen LogP contribution in [0.3, 0.4) is 0 Å². The molecule has 0 aliphatic heterocycles. The van der Waals surface area contributed by atoms with Gasteiger partial charge in [0.2, 0.25) is 5.91 Å². The number of nitrogens with one attached hydrogen (secondary N) is 1. The molecule has 1 aliphatic rings. The molecule has 2 aromatic carbocycles. The van der Waals surface area contributed by atoms with Crippen LogP contribution in [-0.4, -0.2) is 35.4 Å². The van der Waals surface area contributed by atoms with Crippen LogP contribution in [0, 0.1) is 0 Å². The van der Waals surface area contributed by atoms with Crippen LogP contribution in [0.25, 0.3) is 0 Å². The zero-order valence-corrected chi connectivity index (χ0v) is 19.9. The number of ether oxygens (including phenoxy) is 1. The van der Waals surface area contributed by atoms with E-state index in [2.05, 4.69) is 28.2 Å². The topological polar surface area (TPSA) is 58.6 Å². The van der Waals surface area contributed by atoms with Gasteiger partial charge in [0.25, 0.3) is 5.91 Å². The Bertz CT molecular complexity index is 861. The predicted molar refractivity (Wildman–Crippen MR) is 126 cm³/mol. The number of aryl methyl sites for hydroxylation is 1. The molecular formula is C25H31BrN2O3. The van der Waals surface area contributed by atoms with Crippen molar-refractivity contribution in [2.75, 3.05) is 6.61 Å². The van der Waals surface area contributed by atoms with E-state index in [1.807, 2.05) is 48.5 Å². The maximum absolute atomic E-state index is 13.1. The first-order valence-electron chi connectivity index (χ1n) is 11.0. The van der Waals surface area contributed by atoms with Crippen LogP contribution < -0.4 is 10.1 Å². The molecule has 166 valence electrons. The fourth-order valence-electron chi connectivity index (χ4n) is 3.81. The second kappa shape index (κ2) is 11.3. The Balaban J connectivity index is 1.68. The number of carbonyl (C=O) groups excluding carboxylic acids is 2. The van der Waals surface area contributed by atoms with Gasteiger partial charge in [0, 0.05) is 17.1 Å². The lowest BCUT2D eigenvalue weighted by Gasteiger charge is -2.29. The Morgan fingerprint density at radius 3 is 2.29 bits per heavy atom. The van der Waals surface area contributed by atoms with E-state index in [1.54, 1.807) is 11.8 Å². The Hall–Kier alpha value is -2.34. The molecule has 5 nitrogen and oxygen atoms in total. The smallest absolute Gasteiger partial charge is 0.261 e. The van der Waals surface area contributed by atoms with Crippen molar-refractivity contribution in [3.8, 4) is 5.75 Å². The average Bonchev–Trinajstić information content (AvgIpc) is 3.30. The summed E-state index contributed by atoms with van der Waals surface area (Å²) < 4.78 is 6.71. The molecule has 0 aromatic heterocycles. The first-order valence-corrected chi connectivity index (χ1v) is 11.8. The highest BCUT2D eigenvalue weighted by Gasteiger charge is 2.28. The SMILES string of the molecule is CCc1ccc(OCC(=O)N(Cc2ccc(Br)cc2)C(C)C(=O)NC2CCCC2)cc1. The third-order valence-electron chi connectivity index (χ3n) is 5.83. The van der Waals surface area contributed by atoms with Crippen LogP contribution in [0.1, 0.15) is 50.7 Å². The molecule has 0 heterocycles. The third kappa shape index (κ3) is 6.82. The van der Waals surface area contributed by atoms with Gasteiger partial charge in [-0.15, -0.1) is 0 Å². The maximum atomic E-state index is 13.1. The highest BCUT2D eigenvalue weighted by atomic mass is 79.9. The number of halogens is 1. The van der Waals surface area contributed by atoms with Gasteiger partial charge in [0.05, 0.1) is 0 Å². The molecule has 1 unspecified atom stereocenters. The van der Waals surface area contributed by atoms with Gasteiger partial charge in [-0.25, -0.2) is 0 Å².